The smallest absolute Gasteiger partial charge is 0.140 e. The van der Waals surface area contributed by atoms with Crippen molar-refractivity contribution >= 4 is 0 Å². The second-order valence-electron chi connectivity index (χ2n) is 4.08. The fraction of sp³-hybridized carbons (Fsp3) is 0.636. The average molecular weight is 206 g/mol. The fourth-order valence-corrected chi connectivity index (χ4v) is 1.91. The Morgan fingerprint density at radius 2 is 2.47 bits per heavy atom. The zero-order chi connectivity index (χ0) is 10.5. The number of hydrogen-bond donors (Lipinski definition) is 1. The van der Waals surface area contributed by atoms with E-state index in [9.17, 15) is 0 Å². The summed E-state index contributed by atoms with van der Waals surface area (Å²) >= 11 is 0. The van der Waals surface area contributed by atoms with E-state index < -0.39 is 0 Å². The van der Waals surface area contributed by atoms with Gasteiger partial charge < -0.3 is 5.32 Å². The Kier molecular flexibility index (Phi) is 3.50. The van der Waals surface area contributed by atoms with Gasteiger partial charge >= 0.3 is 0 Å². The van der Waals surface area contributed by atoms with Crippen molar-refractivity contribution in [1.82, 2.24) is 20.1 Å². The molecule has 1 aliphatic carbocycles. The van der Waals surface area contributed by atoms with Crippen LogP contribution in [0.1, 0.15) is 25.1 Å². The maximum atomic E-state index is 4.17. The third kappa shape index (κ3) is 2.89. The molecule has 1 atom stereocenters. The Bertz CT molecular complexity index is 329. The lowest BCUT2D eigenvalue weighted by molar-refractivity contribution is 0.434. The summed E-state index contributed by atoms with van der Waals surface area (Å²) in [7, 11) is 1.92. The summed E-state index contributed by atoms with van der Waals surface area (Å²) in [5.74, 6) is 1.80. The molecule has 0 aromatic carbocycles. The van der Waals surface area contributed by atoms with E-state index in [1.54, 1.807) is 6.33 Å². The Morgan fingerprint density at radius 1 is 1.53 bits per heavy atom. The van der Waals surface area contributed by atoms with Crippen molar-refractivity contribution in [1.29, 1.82) is 0 Å². The molecule has 0 bridgehead atoms. The van der Waals surface area contributed by atoms with Crippen LogP contribution in [0.3, 0.4) is 0 Å². The van der Waals surface area contributed by atoms with Crippen LogP contribution in [-0.2, 0) is 13.6 Å². The maximum absolute atomic E-state index is 4.17. The highest BCUT2D eigenvalue weighted by molar-refractivity contribution is 4.91. The topological polar surface area (TPSA) is 42.7 Å². The van der Waals surface area contributed by atoms with Crippen LogP contribution < -0.4 is 5.32 Å². The first kappa shape index (κ1) is 10.4. The van der Waals surface area contributed by atoms with Gasteiger partial charge in [0, 0.05) is 7.05 Å². The molecule has 4 nitrogen and oxygen atoms in total. The Balaban J connectivity index is 1.71. The lowest BCUT2D eigenvalue weighted by Crippen LogP contribution is -2.24. The molecule has 1 aliphatic rings. The summed E-state index contributed by atoms with van der Waals surface area (Å²) in [4.78, 5) is 4.17. The summed E-state index contributed by atoms with van der Waals surface area (Å²) in [5, 5.41) is 7.48. The molecule has 1 N–H and O–H groups in total. The number of nitrogens with zero attached hydrogens (tertiary/aromatic N) is 3. The Labute approximate surface area is 90.4 Å². The molecule has 0 radical (unpaired) electrons. The van der Waals surface area contributed by atoms with E-state index in [2.05, 4.69) is 27.6 Å². The van der Waals surface area contributed by atoms with Gasteiger partial charge in [0.15, 0.2) is 0 Å². The van der Waals surface area contributed by atoms with E-state index in [-0.39, 0.29) is 0 Å². The highest BCUT2D eigenvalue weighted by Crippen LogP contribution is 2.16. The molecule has 0 spiro atoms. The second-order valence-corrected chi connectivity index (χ2v) is 4.08. The molecule has 82 valence electrons. The normalized spacial score (nSPS) is 20.7. The standard InChI is InChI=1S/C11H18N4/c1-15-11(13-9-14-15)8-12-7-10-5-3-2-4-6-10/h2-3,9-10,12H,4-8H2,1H3. The molecule has 4 heteroatoms. The van der Waals surface area contributed by atoms with Crippen molar-refractivity contribution in [3.8, 4) is 0 Å². The predicted octanol–water partition coefficient (Wildman–Crippen LogP) is 1.26. The number of aromatic nitrogens is 3. The summed E-state index contributed by atoms with van der Waals surface area (Å²) in [5.41, 5.74) is 0. The summed E-state index contributed by atoms with van der Waals surface area (Å²) in [6, 6.07) is 0. The first-order chi connectivity index (χ1) is 7.36. The van der Waals surface area contributed by atoms with Gasteiger partial charge in [-0.25, -0.2) is 4.98 Å². The van der Waals surface area contributed by atoms with Crippen LogP contribution in [0.5, 0.6) is 0 Å². The van der Waals surface area contributed by atoms with Crippen LogP contribution in [0.25, 0.3) is 0 Å². The maximum Gasteiger partial charge on any atom is 0.140 e. The zero-order valence-corrected chi connectivity index (χ0v) is 9.19. The monoisotopic (exact) mass is 206 g/mol. The van der Waals surface area contributed by atoms with Gasteiger partial charge in [0.2, 0.25) is 0 Å². The van der Waals surface area contributed by atoms with E-state index >= 15 is 0 Å². The van der Waals surface area contributed by atoms with Gasteiger partial charge in [-0.15, -0.1) is 0 Å². The van der Waals surface area contributed by atoms with Crippen LogP contribution in [0.2, 0.25) is 0 Å². The number of hydrogen-bond acceptors (Lipinski definition) is 3. The van der Waals surface area contributed by atoms with E-state index in [0.29, 0.717) is 0 Å². The first-order valence-corrected chi connectivity index (χ1v) is 5.55. The van der Waals surface area contributed by atoms with E-state index in [4.69, 9.17) is 0 Å². The third-order valence-electron chi connectivity index (χ3n) is 2.90. The van der Waals surface area contributed by atoms with Crippen molar-refractivity contribution in [3.63, 3.8) is 0 Å². The van der Waals surface area contributed by atoms with Crippen LogP contribution in [0, 0.1) is 5.92 Å². The molecular weight excluding hydrogens is 188 g/mol. The minimum Gasteiger partial charge on any atom is -0.310 e. The molecule has 0 fully saturated rings. The molecule has 15 heavy (non-hydrogen) atoms. The van der Waals surface area contributed by atoms with Crippen LogP contribution in [-0.4, -0.2) is 21.3 Å². The lowest BCUT2D eigenvalue weighted by Gasteiger charge is -2.17. The largest absolute Gasteiger partial charge is 0.310 e. The van der Waals surface area contributed by atoms with E-state index in [1.807, 2.05) is 11.7 Å². The summed E-state index contributed by atoms with van der Waals surface area (Å²) in [6.07, 6.45) is 9.92. The molecular formula is C11H18N4. The first-order valence-electron chi connectivity index (χ1n) is 5.55. The Hall–Kier alpha value is -1.16. The fourth-order valence-electron chi connectivity index (χ4n) is 1.91. The SMILES string of the molecule is Cn1ncnc1CNCC1CC=CCC1. The highest BCUT2D eigenvalue weighted by Gasteiger charge is 2.09. The number of aryl methyl sites for hydroxylation is 1. The highest BCUT2D eigenvalue weighted by atomic mass is 15.3. The third-order valence-corrected chi connectivity index (χ3v) is 2.90. The van der Waals surface area contributed by atoms with Crippen LogP contribution in [0.4, 0.5) is 0 Å². The summed E-state index contributed by atoms with van der Waals surface area (Å²) < 4.78 is 1.81. The van der Waals surface area contributed by atoms with E-state index in [1.165, 1.54) is 19.3 Å². The lowest BCUT2D eigenvalue weighted by atomic mass is 9.94. The van der Waals surface area contributed by atoms with Gasteiger partial charge in [-0.05, 0) is 31.7 Å². The minimum absolute atomic E-state index is 0.795. The molecule has 1 unspecified atom stereocenters. The van der Waals surface area contributed by atoms with E-state index in [0.717, 1.165) is 24.8 Å². The Morgan fingerprint density at radius 3 is 3.13 bits per heavy atom. The molecule has 1 aromatic heterocycles. The van der Waals surface area contributed by atoms with Crippen molar-refractivity contribution in [2.45, 2.75) is 25.8 Å². The zero-order valence-electron chi connectivity index (χ0n) is 9.19. The van der Waals surface area contributed by atoms with Gasteiger partial charge in [0.05, 0.1) is 6.54 Å². The van der Waals surface area contributed by atoms with Gasteiger partial charge in [-0.3, -0.25) is 4.68 Å². The molecule has 1 heterocycles. The number of rotatable bonds is 4. The van der Waals surface area contributed by atoms with Gasteiger partial charge in [0.1, 0.15) is 12.2 Å². The van der Waals surface area contributed by atoms with Crippen molar-refractivity contribution in [2.75, 3.05) is 6.54 Å². The molecule has 0 aliphatic heterocycles. The number of nitrogens with one attached hydrogen (secondary N) is 1. The molecule has 0 saturated carbocycles. The van der Waals surface area contributed by atoms with Gasteiger partial charge in [-0.2, -0.15) is 5.10 Å². The average Bonchev–Trinajstić information content (AvgIpc) is 2.66. The molecule has 2 rings (SSSR count). The molecule has 0 saturated heterocycles. The van der Waals surface area contributed by atoms with Crippen molar-refractivity contribution < 1.29 is 0 Å². The van der Waals surface area contributed by atoms with Gasteiger partial charge in [0.25, 0.3) is 0 Å². The van der Waals surface area contributed by atoms with Crippen LogP contribution in [0.15, 0.2) is 18.5 Å². The van der Waals surface area contributed by atoms with Crippen molar-refractivity contribution in [3.05, 3.63) is 24.3 Å². The van der Waals surface area contributed by atoms with Gasteiger partial charge in [-0.1, -0.05) is 12.2 Å². The quantitative estimate of drug-likeness (QED) is 0.754. The minimum atomic E-state index is 0.795. The number of allylic oxidation sites excluding steroid dienone is 2. The predicted molar refractivity (Wildman–Crippen MR) is 59.2 cm³/mol. The van der Waals surface area contributed by atoms with Crippen molar-refractivity contribution in [2.24, 2.45) is 13.0 Å². The van der Waals surface area contributed by atoms with Crippen LogP contribution >= 0.6 is 0 Å². The molecule has 1 aromatic rings. The molecule has 0 amide bonds. The summed E-state index contributed by atoms with van der Waals surface area (Å²) in [6.45, 7) is 1.90. The second kappa shape index (κ2) is 5.07.